The van der Waals surface area contributed by atoms with Crippen LogP contribution in [-0.2, 0) is 22.6 Å². The van der Waals surface area contributed by atoms with E-state index in [1.807, 2.05) is 50.2 Å². The molecule has 0 unspecified atom stereocenters. The van der Waals surface area contributed by atoms with Crippen LogP contribution in [-0.4, -0.2) is 31.4 Å². The molecule has 0 aliphatic carbocycles. The van der Waals surface area contributed by atoms with E-state index in [2.05, 4.69) is 22.4 Å². The van der Waals surface area contributed by atoms with Crippen LogP contribution in [0.3, 0.4) is 0 Å². The highest BCUT2D eigenvalue weighted by Crippen LogP contribution is 2.17. The van der Waals surface area contributed by atoms with Crippen LogP contribution in [0.5, 0.6) is 5.75 Å². The average molecular weight is 398 g/mol. The molecule has 0 saturated carbocycles. The Kier molecular flexibility index (Phi) is 7.90. The molecule has 0 spiro atoms. The van der Waals surface area contributed by atoms with Crippen molar-refractivity contribution < 1.29 is 14.2 Å². The molecule has 29 heavy (non-hydrogen) atoms. The number of rotatable bonds is 8. The van der Waals surface area contributed by atoms with Gasteiger partial charge < -0.3 is 25.3 Å². The van der Waals surface area contributed by atoms with E-state index in [-0.39, 0.29) is 6.10 Å². The number of ether oxygens (including phenoxy) is 3. The number of hydrogen-bond donors (Lipinski definition) is 2. The number of nitrogens with zero attached hydrogens (tertiary/aromatic N) is 1. The second-order valence-electron chi connectivity index (χ2n) is 7.46. The normalized spacial score (nSPS) is 15.5. The average Bonchev–Trinajstić information content (AvgIpc) is 2.73. The van der Waals surface area contributed by atoms with Crippen LogP contribution in [0.15, 0.2) is 53.5 Å². The van der Waals surface area contributed by atoms with E-state index in [4.69, 9.17) is 19.9 Å². The van der Waals surface area contributed by atoms with Gasteiger partial charge in [-0.2, -0.15) is 0 Å². The first-order chi connectivity index (χ1) is 14.1. The van der Waals surface area contributed by atoms with Crippen molar-refractivity contribution in [1.82, 2.24) is 0 Å². The molecule has 3 N–H and O–H groups in total. The van der Waals surface area contributed by atoms with Gasteiger partial charge in [-0.1, -0.05) is 24.3 Å². The predicted molar refractivity (Wildman–Crippen MR) is 116 cm³/mol. The van der Waals surface area contributed by atoms with Crippen molar-refractivity contribution in [2.75, 3.05) is 18.5 Å². The summed E-state index contributed by atoms with van der Waals surface area (Å²) in [5, 5.41) is 3.11. The Morgan fingerprint density at radius 1 is 1.14 bits per heavy atom. The molecule has 1 fully saturated rings. The highest BCUT2D eigenvalue weighted by Gasteiger charge is 2.14. The van der Waals surface area contributed by atoms with Crippen molar-refractivity contribution in [2.45, 2.75) is 52.0 Å². The van der Waals surface area contributed by atoms with E-state index < -0.39 is 0 Å². The van der Waals surface area contributed by atoms with Crippen molar-refractivity contribution in [1.29, 1.82) is 0 Å². The van der Waals surface area contributed by atoms with E-state index >= 15 is 0 Å². The van der Waals surface area contributed by atoms with Crippen molar-refractivity contribution >= 4 is 11.6 Å². The maximum Gasteiger partial charge on any atom is 0.193 e. The summed E-state index contributed by atoms with van der Waals surface area (Å²) in [5.41, 5.74) is 9.16. The Morgan fingerprint density at radius 2 is 1.86 bits per heavy atom. The molecule has 1 heterocycles. The Hall–Kier alpha value is -2.57. The molecule has 2 aromatic carbocycles. The summed E-state index contributed by atoms with van der Waals surface area (Å²) >= 11 is 0. The van der Waals surface area contributed by atoms with Crippen LogP contribution in [0.1, 0.15) is 37.8 Å². The topological polar surface area (TPSA) is 78.1 Å². The third-order valence-corrected chi connectivity index (χ3v) is 4.58. The standard InChI is InChI=1S/C23H31N3O3/c1-17(2)29-22-8-6-20(7-9-22)26-23(24)25-15-18-4-3-5-19(14-18)16-28-21-10-12-27-13-11-21/h3-9,14,17,21H,10-13,15-16H2,1-2H3,(H3,24,25,26). The van der Waals surface area contributed by atoms with Crippen LogP contribution in [0.25, 0.3) is 0 Å². The van der Waals surface area contributed by atoms with Gasteiger partial charge in [0.2, 0.25) is 0 Å². The van der Waals surface area contributed by atoms with Crippen molar-refractivity contribution in [3.63, 3.8) is 0 Å². The van der Waals surface area contributed by atoms with Crippen LogP contribution in [0.2, 0.25) is 0 Å². The first kappa shape index (κ1) is 21.1. The van der Waals surface area contributed by atoms with Gasteiger partial charge in [-0.15, -0.1) is 0 Å². The lowest BCUT2D eigenvalue weighted by Crippen LogP contribution is -2.23. The highest BCUT2D eigenvalue weighted by molar-refractivity contribution is 5.92. The van der Waals surface area contributed by atoms with Crippen LogP contribution >= 0.6 is 0 Å². The molecule has 1 aliphatic heterocycles. The first-order valence-corrected chi connectivity index (χ1v) is 10.2. The Bertz CT molecular complexity index is 784. The van der Waals surface area contributed by atoms with Crippen LogP contribution in [0.4, 0.5) is 5.69 Å². The smallest absolute Gasteiger partial charge is 0.193 e. The number of aliphatic imine (C=N–C) groups is 1. The molecule has 0 aromatic heterocycles. The van der Waals surface area contributed by atoms with Crippen molar-refractivity contribution in [3.05, 3.63) is 59.7 Å². The second kappa shape index (κ2) is 10.8. The number of benzene rings is 2. The van der Waals surface area contributed by atoms with E-state index in [9.17, 15) is 0 Å². The lowest BCUT2D eigenvalue weighted by atomic mass is 10.1. The Balaban J connectivity index is 1.49. The summed E-state index contributed by atoms with van der Waals surface area (Å²) in [6, 6.07) is 16.0. The summed E-state index contributed by atoms with van der Waals surface area (Å²) in [7, 11) is 0. The maximum atomic E-state index is 6.04. The van der Waals surface area contributed by atoms with E-state index in [0.29, 0.717) is 25.2 Å². The van der Waals surface area contributed by atoms with Crippen LogP contribution in [0, 0.1) is 0 Å². The largest absolute Gasteiger partial charge is 0.491 e. The first-order valence-electron chi connectivity index (χ1n) is 10.2. The van der Waals surface area contributed by atoms with Crippen LogP contribution < -0.4 is 15.8 Å². The summed E-state index contributed by atoms with van der Waals surface area (Å²) in [5.74, 6) is 1.22. The Labute approximate surface area is 173 Å². The molecule has 3 rings (SSSR count). The summed E-state index contributed by atoms with van der Waals surface area (Å²) in [4.78, 5) is 4.45. The predicted octanol–water partition coefficient (Wildman–Crippen LogP) is 4.10. The fourth-order valence-corrected chi connectivity index (χ4v) is 3.13. The molecule has 156 valence electrons. The minimum absolute atomic E-state index is 0.151. The summed E-state index contributed by atoms with van der Waals surface area (Å²) < 4.78 is 17.0. The minimum atomic E-state index is 0.151. The molecule has 1 saturated heterocycles. The zero-order chi connectivity index (χ0) is 20.5. The summed E-state index contributed by atoms with van der Waals surface area (Å²) in [6.07, 6.45) is 2.38. The highest BCUT2D eigenvalue weighted by atomic mass is 16.5. The Morgan fingerprint density at radius 3 is 2.59 bits per heavy atom. The quantitative estimate of drug-likeness (QED) is 0.518. The van der Waals surface area contributed by atoms with Gasteiger partial charge in [-0.3, -0.25) is 0 Å². The monoisotopic (exact) mass is 397 g/mol. The molecule has 0 amide bonds. The minimum Gasteiger partial charge on any atom is -0.491 e. The van der Waals surface area contributed by atoms with Gasteiger partial charge in [-0.25, -0.2) is 4.99 Å². The van der Waals surface area contributed by atoms with E-state index in [0.717, 1.165) is 48.6 Å². The number of nitrogens with two attached hydrogens (primary N) is 1. The molecule has 2 aromatic rings. The fraction of sp³-hybridized carbons (Fsp3) is 0.435. The molecule has 6 heteroatoms. The molecular weight excluding hydrogens is 366 g/mol. The molecule has 6 nitrogen and oxygen atoms in total. The molecule has 1 aliphatic rings. The van der Waals surface area contributed by atoms with E-state index in [1.165, 1.54) is 0 Å². The van der Waals surface area contributed by atoms with Gasteiger partial charge >= 0.3 is 0 Å². The maximum absolute atomic E-state index is 6.04. The van der Waals surface area contributed by atoms with Gasteiger partial charge in [0, 0.05) is 18.9 Å². The van der Waals surface area contributed by atoms with Crippen molar-refractivity contribution in [3.8, 4) is 5.75 Å². The SMILES string of the molecule is CC(C)Oc1ccc(NC(N)=NCc2cccc(COC3CCOCC3)c2)cc1. The summed E-state index contributed by atoms with van der Waals surface area (Å²) in [6.45, 7) is 6.71. The third-order valence-electron chi connectivity index (χ3n) is 4.58. The van der Waals surface area contributed by atoms with Gasteiger partial charge in [0.05, 0.1) is 25.4 Å². The molecule has 0 atom stereocenters. The number of guanidine groups is 1. The number of hydrogen-bond acceptors (Lipinski definition) is 4. The van der Waals surface area contributed by atoms with E-state index in [1.54, 1.807) is 0 Å². The fourth-order valence-electron chi connectivity index (χ4n) is 3.13. The lowest BCUT2D eigenvalue weighted by molar-refractivity contribution is -0.0390. The molecule has 0 bridgehead atoms. The third kappa shape index (κ3) is 7.40. The van der Waals surface area contributed by atoms with Crippen molar-refractivity contribution in [2.24, 2.45) is 10.7 Å². The lowest BCUT2D eigenvalue weighted by Gasteiger charge is -2.22. The number of anilines is 1. The molecular formula is C23H31N3O3. The molecule has 0 radical (unpaired) electrons. The number of nitrogens with one attached hydrogen (secondary N) is 1. The van der Waals surface area contributed by atoms with Gasteiger partial charge in [0.15, 0.2) is 5.96 Å². The zero-order valence-electron chi connectivity index (χ0n) is 17.3. The van der Waals surface area contributed by atoms with Gasteiger partial charge in [0.1, 0.15) is 5.75 Å². The van der Waals surface area contributed by atoms with Gasteiger partial charge in [0.25, 0.3) is 0 Å². The second-order valence-corrected chi connectivity index (χ2v) is 7.46. The zero-order valence-corrected chi connectivity index (χ0v) is 17.3. The van der Waals surface area contributed by atoms with Gasteiger partial charge in [-0.05, 0) is 62.1 Å².